The molecule has 0 aromatic rings. The molecule has 1 saturated heterocycles. The fourth-order valence-corrected chi connectivity index (χ4v) is 2.20. The van der Waals surface area contributed by atoms with Crippen LogP contribution < -0.4 is 10.6 Å². The maximum Gasteiger partial charge on any atom is 0.234 e. The molecule has 1 atom stereocenters. The highest BCUT2D eigenvalue weighted by Crippen LogP contribution is 2.15. The number of likely N-dealkylation sites (N-methyl/N-ethyl adjacent to an activating group) is 1. The Morgan fingerprint density at radius 1 is 1.53 bits per heavy atom. The summed E-state index contributed by atoms with van der Waals surface area (Å²) in [7, 11) is 0. The van der Waals surface area contributed by atoms with Gasteiger partial charge in [-0.3, -0.25) is 9.69 Å². The van der Waals surface area contributed by atoms with Crippen LogP contribution in [0, 0.1) is 12.3 Å². The van der Waals surface area contributed by atoms with Crippen LogP contribution in [-0.2, 0) is 4.79 Å². The highest BCUT2D eigenvalue weighted by Gasteiger charge is 2.23. The summed E-state index contributed by atoms with van der Waals surface area (Å²) >= 11 is 0. The van der Waals surface area contributed by atoms with Gasteiger partial charge in [0.1, 0.15) is 0 Å². The normalized spacial score (nSPS) is 20.8. The molecule has 1 unspecified atom stereocenters. The first-order valence-electron chi connectivity index (χ1n) is 6.42. The Labute approximate surface area is 104 Å². The Kier molecular flexibility index (Phi) is 6.68. The summed E-state index contributed by atoms with van der Waals surface area (Å²) in [6.07, 6.45) is 8.74. The molecule has 0 aromatic carbocycles. The van der Waals surface area contributed by atoms with Crippen LogP contribution in [0.15, 0.2) is 0 Å². The Morgan fingerprint density at radius 2 is 2.35 bits per heavy atom. The van der Waals surface area contributed by atoms with Crippen molar-refractivity contribution in [1.29, 1.82) is 0 Å². The topological polar surface area (TPSA) is 44.4 Å². The van der Waals surface area contributed by atoms with Gasteiger partial charge < -0.3 is 10.6 Å². The van der Waals surface area contributed by atoms with E-state index in [2.05, 4.69) is 28.4 Å². The van der Waals surface area contributed by atoms with Gasteiger partial charge in [0.15, 0.2) is 0 Å². The lowest BCUT2D eigenvalue weighted by molar-refractivity contribution is -0.122. The Morgan fingerprint density at radius 3 is 3.06 bits per heavy atom. The van der Waals surface area contributed by atoms with Crippen LogP contribution in [0.2, 0.25) is 0 Å². The number of nitrogens with zero attached hydrogens (tertiary/aromatic N) is 1. The van der Waals surface area contributed by atoms with E-state index in [0.29, 0.717) is 19.1 Å². The number of likely N-dealkylation sites (tertiary alicyclic amines) is 1. The van der Waals surface area contributed by atoms with Gasteiger partial charge in [-0.15, -0.1) is 6.42 Å². The highest BCUT2D eigenvalue weighted by molar-refractivity contribution is 5.78. The van der Waals surface area contributed by atoms with Crippen LogP contribution in [0.5, 0.6) is 0 Å². The van der Waals surface area contributed by atoms with Gasteiger partial charge in [-0.05, 0) is 25.9 Å². The maximum atomic E-state index is 11.6. The molecule has 0 spiro atoms. The van der Waals surface area contributed by atoms with E-state index in [4.69, 9.17) is 6.42 Å². The molecule has 0 saturated carbocycles. The van der Waals surface area contributed by atoms with Crippen molar-refractivity contribution in [3.63, 3.8) is 0 Å². The SMILES string of the molecule is C#CCNC(=O)CN1CCCCC1CNCC. The second kappa shape index (κ2) is 8.10. The first kappa shape index (κ1) is 14.0. The first-order chi connectivity index (χ1) is 8.27. The average Bonchev–Trinajstić information content (AvgIpc) is 2.35. The zero-order valence-electron chi connectivity index (χ0n) is 10.7. The van der Waals surface area contributed by atoms with Gasteiger partial charge in [0.25, 0.3) is 0 Å². The smallest absolute Gasteiger partial charge is 0.234 e. The predicted octanol–water partition coefficient (Wildman–Crippen LogP) is 0.200. The lowest BCUT2D eigenvalue weighted by atomic mass is 10.0. The summed E-state index contributed by atoms with van der Waals surface area (Å²) in [5.74, 6) is 2.45. The summed E-state index contributed by atoms with van der Waals surface area (Å²) in [6.45, 7) is 5.86. The molecule has 96 valence electrons. The molecule has 1 aliphatic rings. The van der Waals surface area contributed by atoms with Crippen LogP contribution in [0.3, 0.4) is 0 Å². The standard InChI is InChI=1S/C13H23N3O/c1-3-8-15-13(17)11-16-9-6-5-7-12(16)10-14-4-2/h1,12,14H,4-11H2,2H3,(H,15,17). The monoisotopic (exact) mass is 237 g/mol. The molecule has 1 amide bonds. The summed E-state index contributed by atoms with van der Waals surface area (Å²) in [6, 6.07) is 0.486. The van der Waals surface area contributed by atoms with Gasteiger partial charge in [-0.25, -0.2) is 0 Å². The summed E-state index contributed by atoms with van der Waals surface area (Å²) in [5, 5.41) is 6.08. The van der Waals surface area contributed by atoms with Crippen LogP contribution in [0.1, 0.15) is 26.2 Å². The quantitative estimate of drug-likeness (QED) is 0.649. The van der Waals surface area contributed by atoms with Gasteiger partial charge in [0.05, 0.1) is 13.1 Å². The van der Waals surface area contributed by atoms with Crippen molar-refractivity contribution in [3.05, 3.63) is 0 Å². The summed E-state index contributed by atoms with van der Waals surface area (Å²) in [5.41, 5.74) is 0. The minimum absolute atomic E-state index is 0.0337. The van der Waals surface area contributed by atoms with Gasteiger partial charge in [0, 0.05) is 12.6 Å². The number of hydrogen-bond acceptors (Lipinski definition) is 3. The molecule has 4 nitrogen and oxygen atoms in total. The zero-order valence-corrected chi connectivity index (χ0v) is 10.7. The highest BCUT2D eigenvalue weighted by atomic mass is 16.2. The molecule has 0 bridgehead atoms. The van der Waals surface area contributed by atoms with E-state index >= 15 is 0 Å². The molecule has 17 heavy (non-hydrogen) atoms. The molecule has 1 aliphatic heterocycles. The number of hydrogen-bond donors (Lipinski definition) is 2. The third-order valence-electron chi connectivity index (χ3n) is 3.11. The van der Waals surface area contributed by atoms with E-state index < -0.39 is 0 Å². The number of piperidine rings is 1. The van der Waals surface area contributed by atoms with Gasteiger partial charge in [-0.1, -0.05) is 19.3 Å². The molecule has 0 radical (unpaired) electrons. The van der Waals surface area contributed by atoms with Crippen LogP contribution in [-0.4, -0.2) is 49.6 Å². The van der Waals surface area contributed by atoms with Gasteiger partial charge >= 0.3 is 0 Å². The van der Waals surface area contributed by atoms with Crippen molar-refractivity contribution < 1.29 is 4.79 Å². The molecule has 1 heterocycles. The van der Waals surface area contributed by atoms with Crippen LogP contribution in [0.25, 0.3) is 0 Å². The maximum absolute atomic E-state index is 11.6. The van der Waals surface area contributed by atoms with E-state index in [1.807, 2.05) is 0 Å². The molecule has 1 rings (SSSR count). The van der Waals surface area contributed by atoms with Crippen molar-refractivity contribution in [1.82, 2.24) is 15.5 Å². The van der Waals surface area contributed by atoms with Gasteiger partial charge in [0.2, 0.25) is 5.91 Å². The van der Waals surface area contributed by atoms with Crippen LogP contribution in [0.4, 0.5) is 0 Å². The second-order valence-corrected chi connectivity index (χ2v) is 4.41. The van der Waals surface area contributed by atoms with Crippen molar-refractivity contribution in [2.24, 2.45) is 0 Å². The van der Waals surface area contributed by atoms with Crippen molar-refractivity contribution in [2.45, 2.75) is 32.2 Å². The number of amides is 1. The number of carbonyl (C=O) groups is 1. The third-order valence-corrected chi connectivity index (χ3v) is 3.11. The lowest BCUT2D eigenvalue weighted by Crippen LogP contribution is -2.49. The largest absolute Gasteiger partial charge is 0.344 e. The summed E-state index contributed by atoms with van der Waals surface area (Å²) < 4.78 is 0. The minimum Gasteiger partial charge on any atom is -0.344 e. The Balaban J connectivity index is 2.36. The molecule has 4 heteroatoms. The lowest BCUT2D eigenvalue weighted by Gasteiger charge is -2.35. The molecular formula is C13H23N3O. The fraction of sp³-hybridized carbons (Fsp3) is 0.769. The first-order valence-corrected chi connectivity index (χ1v) is 6.42. The number of carbonyl (C=O) groups excluding carboxylic acids is 1. The number of nitrogens with one attached hydrogen (secondary N) is 2. The average molecular weight is 237 g/mol. The molecule has 1 fully saturated rings. The number of terminal acetylenes is 1. The molecular weight excluding hydrogens is 214 g/mol. The Bertz CT molecular complexity index is 272. The van der Waals surface area contributed by atoms with Crippen molar-refractivity contribution in [2.75, 3.05) is 32.7 Å². The predicted molar refractivity (Wildman–Crippen MR) is 69.6 cm³/mol. The van der Waals surface area contributed by atoms with E-state index in [1.54, 1.807) is 0 Å². The third kappa shape index (κ3) is 5.20. The van der Waals surface area contributed by atoms with E-state index in [-0.39, 0.29) is 5.91 Å². The second-order valence-electron chi connectivity index (χ2n) is 4.41. The van der Waals surface area contributed by atoms with E-state index in [9.17, 15) is 4.79 Å². The van der Waals surface area contributed by atoms with E-state index in [0.717, 1.165) is 19.6 Å². The summed E-state index contributed by atoms with van der Waals surface area (Å²) in [4.78, 5) is 13.9. The number of rotatable bonds is 6. The van der Waals surface area contributed by atoms with Crippen LogP contribution >= 0.6 is 0 Å². The van der Waals surface area contributed by atoms with Crippen molar-refractivity contribution in [3.8, 4) is 12.3 Å². The molecule has 0 aliphatic carbocycles. The zero-order chi connectivity index (χ0) is 12.5. The fourth-order valence-electron chi connectivity index (χ4n) is 2.20. The molecule has 0 aromatic heterocycles. The molecule has 2 N–H and O–H groups in total. The van der Waals surface area contributed by atoms with Gasteiger partial charge in [-0.2, -0.15) is 0 Å². The minimum atomic E-state index is 0.0337. The van der Waals surface area contributed by atoms with E-state index in [1.165, 1.54) is 19.3 Å². The van der Waals surface area contributed by atoms with Crippen molar-refractivity contribution >= 4 is 5.91 Å². The Hall–Kier alpha value is -1.05.